The fourth-order valence-corrected chi connectivity index (χ4v) is 5.19. The molecule has 2 aliphatic carbocycles. The summed E-state index contributed by atoms with van der Waals surface area (Å²) in [6.07, 6.45) is 5.47. The van der Waals surface area contributed by atoms with Gasteiger partial charge in [-0.05, 0) is 44.4 Å². The van der Waals surface area contributed by atoms with Crippen LogP contribution in [0, 0.1) is 11.8 Å². The number of nitrogens with zero attached hydrogens (tertiary/aromatic N) is 4. The Bertz CT molecular complexity index is 860. The lowest BCUT2D eigenvalue weighted by atomic mass is 9.90. The number of ether oxygens (including phenoxy) is 1. The minimum atomic E-state index is -0.927. The largest absolute Gasteiger partial charge is 0.471 e. The maximum Gasteiger partial charge on any atom is 0.233 e. The van der Waals surface area contributed by atoms with Crippen LogP contribution in [0.25, 0.3) is 0 Å². The molecular weight excluding hydrogens is 360 g/mol. The van der Waals surface area contributed by atoms with E-state index in [1.54, 1.807) is 28.6 Å². The Kier molecular flexibility index (Phi) is 4.79. The lowest BCUT2D eigenvalue weighted by molar-refractivity contribution is 0.0263. The Morgan fingerprint density at radius 1 is 1.36 bits per heavy atom. The van der Waals surface area contributed by atoms with Gasteiger partial charge in [0.05, 0.1) is 24.3 Å². The van der Waals surface area contributed by atoms with Crippen molar-refractivity contribution in [2.45, 2.75) is 50.2 Å². The molecule has 2 saturated carbocycles. The summed E-state index contributed by atoms with van der Waals surface area (Å²) < 4.78 is 9.05. The van der Waals surface area contributed by atoms with Gasteiger partial charge >= 0.3 is 0 Å². The zero-order valence-corrected chi connectivity index (χ0v) is 16.6. The number of imidazole rings is 1. The third-order valence-electron chi connectivity index (χ3n) is 6.46. The Morgan fingerprint density at radius 3 is 2.64 bits per heavy atom. The highest BCUT2D eigenvalue weighted by Gasteiger charge is 2.51. The highest BCUT2D eigenvalue weighted by Crippen LogP contribution is 2.56. The van der Waals surface area contributed by atoms with E-state index in [0.717, 1.165) is 30.5 Å². The van der Waals surface area contributed by atoms with Gasteiger partial charge in [-0.1, -0.05) is 0 Å². The summed E-state index contributed by atoms with van der Waals surface area (Å²) in [7, 11) is 3.65. The van der Waals surface area contributed by atoms with Gasteiger partial charge < -0.3 is 19.5 Å². The van der Waals surface area contributed by atoms with Crippen LogP contribution in [0.3, 0.4) is 0 Å². The number of hydrogen-bond acceptors (Lipinski definition) is 6. The molecule has 2 aromatic heterocycles. The second-order valence-electron chi connectivity index (χ2n) is 8.47. The average Bonchev–Trinajstić information content (AvgIpc) is 3.37. The van der Waals surface area contributed by atoms with E-state index in [2.05, 4.69) is 10.1 Å². The Hall–Kier alpha value is -2.19. The number of aryl methyl sites for hydroxylation is 2. The molecule has 0 saturated heterocycles. The fourth-order valence-electron chi connectivity index (χ4n) is 5.19. The van der Waals surface area contributed by atoms with Crippen molar-refractivity contribution < 1.29 is 19.7 Å². The first-order valence-electron chi connectivity index (χ1n) is 9.85. The van der Waals surface area contributed by atoms with Gasteiger partial charge in [0.1, 0.15) is 17.4 Å². The van der Waals surface area contributed by atoms with Gasteiger partial charge in [0, 0.05) is 26.1 Å². The Balaban J connectivity index is 1.49. The fraction of sp³-hybridized carbons (Fsp3) is 0.650. The number of hydrogen-bond donors (Lipinski definition) is 2. The van der Waals surface area contributed by atoms with E-state index in [1.165, 1.54) is 0 Å². The second kappa shape index (κ2) is 7.00. The summed E-state index contributed by atoms with van der Waals surface area (Å²) >= 11 is 0. The highest BCUT2D eigenvalue weighted by molar-refractivity contribution is 5.74. The Morgan fingerprint density at radius 2 is 2.04 bits per heavy atom. The first kappa shape index (κ1) is 19.1. The maximum absolute atomic E-state index is 11.4. The van der Waals surface area contributed by atoms with Crippen molar-refractivity contribution in [3.05, 3.63) is 29.5 Å². The van der Waals surface area contributed by atoms with E-state index in [4.69, 9.17) is 9.84 Å². The summed E-state index contributed by atoms with van der Waals surface area (Å²) in [5, 5.41) is 24.9. The molecule has 8 heteroatoms. The van der Waals surface area contributed by atoms with E-state index in [1.807, 2.05) is 14.1 Å². The lowest BCUT2D eigenvalue weighted by Gasteiger charge is -2.24. The molecule has 3 atom stereocenters. The molecule has 0 bridgehead atoms. The van der Waals surface area contributed by atoms with Crippen LogP contribution < -0.4 is 4.74 Å². The van der Waals surface area contributed by atoms with E-state index in [-0.39, 0.29) is 18.6 Å². The van der Waals surface area contributed by atoms with Gasteiger partial charge in [0.25, 0.3) is 0 Å². The summed E-state index contributed by atoms with van der Waals surface area (Å²) in [4.78, 5) is 15.9. The molecule has 2 aliphatic rings. The molecule has 2 heterocycles. The van der Waals surface area contributed by atoms with Gasteiger partial charge in [-0.25, -0.2) is 4.98 Å². The van der Waals surface area contributed by atoms with Crippen LogP contribution in [-0.2, 0) is 19.7 Å². The van der Waals surface area contributed by atoms with Crippen LogP contribution in [-0.4, -0.2) is 48.5 Å². The number of carbonyl (C=O) groups excluding carboxylic acids is 1. The van der Waals surface area contributed by atoms with Crippen LogP contribution in [0.2, 0.25) is 0 Å². The molecule has 2 N–H and O–H groups in total. The van der Waals surface area contributed by atoms with Crippen molar-refractivity contribution in [3.8, 4) is 5.88 Å². The number of aliphatic hydroxyl groups excluding tert-OH is 1. The maximum atomic E-state index is 11.4. The molecule has 152 valence electrons. The predicted octanol–water partition coefficient (Wildman–Crippen LogP) is 1.52. The number of aliphatic hydroxyl groups is 2. The first-order chi connectivity index (χ1) is 13.3. The molecule has 28 heavy (non-hydrogen) atoms. The summed E-state index contributed by atoms with van der Waals surface area (Å²) in [5.41, 5.74) is 1.38. The molecule has 8 nitrogen and oxygen atoms in total. The smallest absolute Gasteiger partial charge is 0.233 e. The first-order valence-corrected chi connectivity index (χ1v) is 9.85. The topological polar surface area (TPSA) is 102 Å². The summed E-state index contributed by atoms with van der Waals surface area (Å²) in [5.74, 6) is 1.49. The van der Waals surface area contributed by atoms with Crippen LogP contribution in [0.15, 0.2) is 12.4 Å². The molecule has 0 radical (unpaired) electrons. The van der Waals surface area contributed by atoms with Crippen LogP contribution in [0.4, 0.5) is 0 Å². The SMILES string of the molecule is CC(CO)Oc1cc(C2(O)CC3CC(c4ncn(C)c4C=O)CC3C2)n(C)n1. The quantitative estimate of drug-likeness (QED) is 0.728. The summed E-state index contributed by atoms with van der Waals surface area (Å²) in [6.45, 7) is 1.69. The second-order valence-corrected chi connectivity index (χ2v) is 8.47. The summed E-state index contributed by atoms with van der Waals surface area (Å²) in [6, 6.07) is 1.79. The molecule has 0 aliphatic heterocycles. The molecule has 0 spiro atoms. The third-order valence-corrected chi connectivity index (χ3v) is 6.46. The van der Waals surface area contributed by atoms with Gasteiger partial charge in [-0.15, -0.1) is 5.10 Å². The monoisotopic (exact) mass is 388 g/mol. The zero-order valence-electron chi connectivity index (χ0n) is 16.6. The minimum Gasteiger partial charge on any atom is -0.471 e. The van der Waals surface area contributed by atoms with Gasteiger partial charge in [0.2, 0.25) is 5.88 Å². The molecule has 0 aromatic carbocycles. The van der Waals surface area contributed by atoms with Crippen LogP contribution >= 0.6 is 0 Å². The molecule has 3 unspecified atom stereocenters. The molecule has 4 rings (SSSR count). The van der Waals surface area contributed by atoms with E-state index in [0.29, 0.717) is 36.3 Å². The third kappa shape index (κ3) is 3.14. The van der Waals surface area contributed by atoms with E-state index in [9.17, 15) is 9.90 Å². The van der Waals surface area contributed by atoms with E-state index >= 15 is 0 Å². The molecule has 0 amide bonds. The van der Waals surface area contributed by atoms with Crippen molar-refractivity contribution in [1.82, 2.24) is 19.3 Å². The van der Waals surface area contributed by atoms with Crippen molar-refractivity contribution in [3.63, 3.8) is 0 Å². The van der Waals surface area contributed by atoms with Gasteiger partial charge in [-0.2, -0.15) is 0 Å². The molecular formula is C20H28N4O4. The van der Waals surface area contributed by atoms with Crippen molar-refractivity contribution in [2.75, 3.05) is 6.61 Å². The number of carbonyl (C=O) groups is 1. The van der Waals surface area contributed by atoms with Crippen molar-refractivity contribution in [2.24, 2.45) is 25.9 Å². The molecule has 2 aromatic rings. The number of fused-ring (bicyclic) bond motifs is 1. The van der Waals surface area contributed by atoms with E-state index < -0.39 is 5.60 Å². The predicted molar refractivity (Wildman–Crippen MR) is 101 cm³/mol. The van der Waals surface area contributed by atoms with Crippen LogP contribution in [0.5, 0.6) is 5.88 Å². The standard InChI is InChI=1S/C20H28N4O4/c1-12(9-25)28-18-6-17(24(3)22-18)20(27)7-14-4-13(5-15(14)8-20)19-16(10-26)23(2)11-21-19/h6,10-15,25,27H,4-5,7-9H2,1-3H3. The molecule has 2 fully saturated rings. The van der Waals surface area contributed by atoms with Gasteiger partial charge in [0.15, 0.2) is 6.29 Å². The van der Waals surface area contributed by atoms with Crippen LogP contribution in [0.1, 0.15) is 60.4 Å². The van der Waals surface area contributed by atoms with Crippen molar-refractivity contribution in [1.29, 1.82) is 0 Å². The number of rotatable bonds is 6. The zero-order chi connectivity index (χ0) is 20.1. The lowest BCUT2D eigenvalue weighted by Crippen LogP contribution is -2.26. The van der Waals surface area contributed by atoms with Crippen molar-refractivity contribution >= 4 is 6.29 Å². The minimum absolute atomic E-state index is 0.0853. The normalized spacial score (nSPS) is 30.4. The highest BCUT2D eigenvalue weighted by atomic mass is 16.5. The Labute approximate surface area is 164 Å². The van der Waals surface area contributed by atoms with Gasteiger partial charge in [-0.3, -0.25) is 9.48 Å². The number of aldehydes is 1. The average molecular weight is 388 g/mol. The number of aromatic nitrogens is 4.